The van der Waals surface area contributed by atoms with Gasteiger partial charge in [0.05, 0.1) is 0 Å². The summed E-state index contributed by atoms with van der Waals surface area (Å²) in [5.41, 5.74) is 3.92. The van der Waals surface area contributed by atoms with Crippen LogP contribution in [-0.4, -0.2) is 35.2 Å². The van der Waals surface area contributed by atoms with Crippen LogP contribution in [-0.2, 0) is 19.1 Å². The molecule has 2 amide bonds. The Kier molecular flexibility index (Phi) is 6.66. The number of nitrogens with two attached hydrogens (primary N) is 1. The molecular formula is C14H26N2O5. The summed E-state index contributed by atoms with van der Waals surface area (Å²) in [6.45, 7) is 10.3. The van der Waals surface area contributed by atoms with E-state index in [1.54, 1.807) is 41.5 Å². The second kappa shape index (κ2) is 7.28. The molecule has 0 saturated carbocycles. The van der Waals surface area contributed by atoms with Gasteiger partial charge in [0, 0.05) is 6.42 Å². The van der Waals surface area contributed by atoms with Crippen LogP contribution in [0.25, 0.3) is 0 Å². The van der Waals surface area contributed by atoms with Gasteiger partial charge in [-0.15, -0.1) is 0 Å². The molecule has 0 rings (SSSR count). The average Bonchev–Trinajstić information content (AvgIpc) is 2.18. The van der Waals surface area contributed by atoms with E-state index >= 15 is 0 Å². The number of amides is 2. The Balaban J connectivity index is 4.42. The summed E-state index contributed by atoms with van der Waals surface area (Å²) < 4.78 is 10.2. The first-order valence-corrected chi connectivity index (χ1v) is 6.81. The first-order chi connectivity index (χ1) is 9.30. The maximum absolute atomic E-state index is 11.6. The molecule has 1 atom stereocenters. The molecule has 7 nitrogen and oxygen atoms in total. The van der Waals surface area contributed by atoms with Crippen LogP contribution in [0, 0.1) is 0 Å². The zero-order valence-corrected chi connectivity index (χ0v) is 13.6. The molecular weight excluding hydrogens is 276 g/mol. The summed E-state index contributed by atoms with van der Waals surface area (Å²) in [5, 5.41) is 2.35. The third-order valence-electron chi connectivity index (χ3n) is 2.09. The summed E-state index contributed by atoms with van der Waals surface area (Å²) in [6, 6.07) is -0.979. The number of primary amides is 1. The maximum Gasteiger partial charge on any atom is 0.408 e. The van der Waals surface area contributed by atoms with E-state index in [1.807, 2.05) is 0 Å². The molecule has 7 heteroatoms. The van der Waals surface area contributed by atoms with E-state index < -0.39 is 35.2 Å². The lowest BCUT2D eigenvalue weighted by Crippen LogP contribution is -2.46. The van der Waals surface area contributed by atoms with E-state index in [0.717, 1.165) is 0 Å². The zero-order chi connectivity index (χ0) is 16.8. The zero-order valence-electron chi connectivity index (χ0n) is 13.6. The van der Waals surface area contributed by atoms with E-state index in [9.17, 15) is 14.4 Å². The van der Waals surface area contributed by atoms with Crippen LogP contribution in [0.1, 0.15) is 54.4 Å². The fourth-order valence-corrected chi connectivity index (χ4v) is 1.39. The number of nitrogens with one attached hydrogen (secondary N) is 1. The van der Waals surface area contributed by atoms with Crippen molar-refractivity contribution in [2.45, 2.75) is 71.6 Å². The van der Waals surface area contributed by atoms with Crippen molar-refractivity contribution in [2.75, 3.05) is 0 Å². The lowest BCUT2D eigenvalue weighted by molar-refractivity contribution is -0.155. The minimum atomic E-state index is -0.979. The third kappa shape index (κ3) is 10.6. The molecule has 0 aromatic rings. The lowest BCUT2D eigenvalue weighted by atomic mass is 10.1. The molecule has 0 aliphatic heterocycles. The van der Waals surface area contributed by atoms with Crippen molar-refractivity contribution in [3.63, 3.8) is 0 Å². The van der Waals surface area contributed by atoms with Crippen LogP contribution < -0.4 is 11.1 Å². The summed E-state index contributed by atoms with van der Waals surface area (Å²) in [4.78, 5) is 34.5. The van der Waals surface area contributed by atoms with Gasteiger partial charge in [-0.25, -0.2) is 4.79 Å². The first-order valence-electron chi connectivity index (χ1n) is 6.81. The van der Waals surface area contributed by atoms with Crippen molar-refractivity contribution >= 4 is 18.0 Å². The summed E-state index contributed by atoms with van der Waals surface area (Å²) >= 11 is 0. The fraction of sp³-hybridized carbons (Fsp3) is 0.786. The topological polar surface area (TPSA) is 108 Å². The van der Waals surface area contributed by atoms with Gasteiger partial charge >= 0.3 is 12.1 Å². The number of carbonyl (C=O) groups excluding carboxylic acids is 3. The number of carbonyl (C=O) groups is 3. The molecule has 0 unspecified atom stereocenters. The van der Waals surface area contributed by atoms with Gasteiger partial charge < -0.3 is 20.5 Å². The molecule has 3 N–H and O–H groups in total. The van der Waals surface area contributed by atoms with Gasteiger partial charge in [-0.05, 0) is 48.0 Å². The van der Waals surface area contributed by atoms with Crippen LogP contribution in [0.2, 0.25) is 0 Å². The van der Waals surface area contributed by atoms with E-state index in [0.29, 0.717) is 0 Å². The number of alkyl carbamates (subject to hydrolysis) is 1. The van der Waals surface area contributed by atoms with Crippen LogP contribution in [0.3, 0.4) is 0 Å². The summed E-state index contributed by atoms with van der Waals surface area (Å²) in [6.07, 6.45) is -0.722. The Morgan fingerprint density at radius 3 is 1.86 bits per heavy atom. The SMILES string of the molecule is CC(C)(C)OC(=O)CC[C@H](NC(=O)OC(C)(C)C)C(N)=O. The lowest BCUT2D eigenvalue weighted by Gasteiger charge is -2.23. The fourth-order valence-electron chi connectivity index (χ4n) is 1.39. The quantitative estimate of drug-likeness (QED) is 0.748. The molecule has 0 fully saturated rings. The Morgan fingerprint density at radius 1 is 1.00 bits per heavy atom. The number of hydrogen-bond donors (Lipinski definition) is 2. The standard InChI is InChI=1S/C14H26N2O5/c1-13(2,3)20-10(17)8-7-9(11(15)18)16-12(19)21-14(4,5)6/h9H,7-8H2,1-6H3,(H2,15,18)(H,16,19)/t9-/m0/s1. The molecule has 0 aliphatic carbocycles. The minimum absolute atomic E-state index is 0.0271. The van der Waals surface area contributed by atoms with Crippen molar-refractivity contribution in [2.24, 2.45) is 5.73 Å². The van der Waals surface area contributed by atoms with E-state index in [4.69, 9.17) is 15.2 Å². The van der Waals surface area contributed by atoms with Crippen LogP contribution in [0.5, 0.6) is 0 Å². The van der Waals surface area contributed by atoms with E-state index in [-0.39, 0.29) is 12.8 Å². The highest BCUT2D eigenvalue weighted by Gasteiger charge is 2.24. The van der Waals surface area contributed by atoms with Gasteiger partial charge in [-0.3, -0.25) is 9.59 Å². The van der Waals surface area contributed by atoms with E-state index in [2.05, 4.69) is 5.32 Å². The first kappa shape index (κ1) is 19.2. The molecule has 0 aliphatic rings. The van der Waals surface area contributed by atoms with Gasteiger partial charge in [0.1, 0.15) is 17.2 Å². The maximum atomic E-state index is 11.6. The van der Waals surface area contributed by atoms with Gasteiger partial charge in [-0.2, -0.15) is 0 Å². The molecule has 0 heterocycles. The number of hydrogen-bond acceptors (Lipinski definition) is 5. The largest absolute Gasteiger partial charge is 0.460 e. The highest BCUT2D eigenvalue weighted by atomic mass is 16.6. The number of esters is 1. The Labute approximate surface area is 125 Å². The Morgan fingerprint density at radius 2 is 1.48 bits per heavy atom. The molecule has 122 valence electrons. The Bertz CT molecular complexity index is 393. The molecule has 0 spiro atoms. The van der Waals surface area contributed by atoms with Crippen LogP contribution in [0.4, 0.5) is 4.79 Å². The molecule has 0 aromatic carbocycles. The number of ether oxygens (including phenoxy) is 2. The van der Waals surface area contributed by atoms with Crippen molar-refractivity contribution in [3.8, 4) is 0 Å². The second-order valence-corrected chi connectivity index (χ2v) is 6.73. The van der Waals surface area contributed by atoms with Crippen LogP contribution in [0.15, 0.2) is 0 Å². The molecule has 0 saturated heterocycles. The average molecular weight is 302 g/mol. The smallest absolute Gasteiger partial charge is 0.408 e. The molecule has 21 heavy (non-hydrogen) atoms. The highest BCUT2D eigenvalue weighted by Crippen LogP contribution is 2.11. The Hall–Kier alpha value is -1.79. The van der Waals surface area contributed by atoms with Gasteiger partial charge in [0.25, 0.3) is 0 Å². The predicted molar refractivity (Wildman–Crippen MR) is 77.4 cm³/mol. The summed E-state index contributed by atoms with van der Waals surface area (Å²) in [7, 11) is 0. The van der Waals surface area contributed by atoms with Crippen molar-refractivity contribution in [1.29, 1.82) is 0 Å². The number of rotatable bonds is 5. The molecule has 0 radical (unpaired) electrons. The van der Waals surface area contributed by atoms with Crippen molar-refractivity contribution < 1.29 is 23.9 Å². The second-order valence-electron chi connectivity index (χ2n) is 6.73. The summed E-state index contributed by atoms with van der Waals surface area (Å²) in [5.74, 6) is -1.19. The third-order valence-corrected chi connectivity index (χ3v) is 2.09. The van der Waals surface area contributed by atoms with Gasteiger partial charge in [0.15, 0.2) is 0 Å². The molecule has 0 aromatic heterocycles. The van der Waals surface area contributed by atoms with Gasteiger partial charge in [-0.1, -0.05) is 0 Å². The minimum Gasteiger partial charge on any atom is -0.460 e. The monoisotopic (exact) mass is 302 g/mol. The predicted octanol–water partition coefficient (Wildman–Crippen LogP) is 1.49. The van der Waals surface area contributed by atoms with Crippen LogP contribution >= 0.6 is 0 Å². The highest BCUT2D eigenvalue weighted by molar-refractivity contribution is 5.84. The van der Waals surface area contributed by atoms with Crippen molar-refractivity contribution in [1.82, 2.24) is 5.32 Å². The van der Waals surface area contributed by atoms with Crippen molar-refractivity contribution in [3.05, 3.63) is 0 Å². The normalized spacial score (nSPS) is 13.2. The van der Waals surface area contributed by atoms with Gasteiger partial charge in [0.2, 0.25) is 5.91 Å². The molecule has 0 bridgehead atoms. The van der Waals surface area contributed by atoms with E-state index in [1.165, 1.54) is 0 Å².